The van der Waals surface area contributed by atoms with Crippen LogP contribution in [-0.2, 0) is 24.3 Å². The number of carbonyl (C=O) groups is 3. The van der Waals surface area contributed by atoms with Crippen LogP contribution in [-0.4, -0.2) is 69.6 Å². The Morgan fingerprint density at radius 1 is 1.12 bits per heavy atom. The molecular formula is C21H29N3O7S. The normalized spacial score (nSPS) is 18.0. The number of urea groups is 1. The molecule has 0 bridgehead atoms. The standard InChI is InChI=1S/C21H29N3O7S/c1-15-7-8-17(32(28,29)24-9-11-30-12-10-24)13-18(15)20(26)31-14-19(25)23-21(27)22-16-5-3-2-4-6-16/h7-8,13,16H,2-6,9-12,14H2,1H3,(H2,22,23,25,27). The molecule has 176 valence electrons. The summed E-state index contributed by atoms with van der Waals surface area (Å²) in [5.41, 5.74) is 0.546. The summed E-state index contributed by atoms with van der Waals surface area (Å²) in [6.07, 6.45) is 4.97. The van der Waals surface area contributed by atoms with Crippen molar-refractivity contribution < 1.29 is 32.3 Å². The largest absolute Gasteiger partial charge is 0.452 e. The zero-order chi connectivity index (χ0) is 23.1. The van der Waals surface area contributed by atoms with Gasteiger partial charge in [-0.1, -0.05) is 25.3 Å². The zero-order valence-corrected chi connectivity index (χ0v) is 18.9. The first-order valence-electron chi connectivity index (χ1n) is 10.7. The number of hydrogen-bond donors (Lipinski definition) is 2. The van der Waals surface area contributed by atoms with E-state index < -0.39 is 34.5 Å². The fourth-order valence-corrected chi connectivity index (χ4v) is 5.19. The van der Waals surface area contributed by atoms with Crippen molar-refractivity contribution in [2.45, 2.75) is 50.0 Å². The topological polar surface area (TPSA) is 131 Å². The molecule has 0 unspecified atom stereocenters. The van der Waals surface area contributed by atoms with Crippen LogP contribution in [0, 0.1) is 6.92 Å². The van der Waals surface area contributed by atoms with Crippen LogP contribution in [0.5, 0.6) is 0 Å². The maximum Gasteiger partial charge on any atom is 0.338 e. The molecule has 0 radical (unpaired) electrons. The van der Waals surface area contributed by atoms with Crippen molar-refractivity contribution in [3.63, 3.8) is 0 Å². The lowest BCUT2D eigenvalue weighted by Crippen LogP contribution is -2.46. The van der Waals surface area contributed by atoms with Gasteiger partial charge in [0.15, 0.2) is 6.61 Å². The van der Waals surface area contributed by atoms with Gasteiger partial charge in [0.25, 0.3) is 5.91 Å². The zero-order valence-electron chi connectivity index (χ0n) is 18.1. The Hall–Kier alpha value is -2.50. The summed E-state index contributed by atoms with van der Waals surface area (Å²) in [4.78, 5) is 36.4. The molecule has 1 saturated carbocycles. The average Bonchev–Trinajstić information content (AvgIpc) is 2.78. The maximum atomic E-state index is 12.8. The molecule has 1 saturated heterocycles. The number of nitrogens with zero attached hydrogens (tertiary/aromatic N) is 1. The lowest BCUT2D eigenvalue weighted by Gasteiger charge is -2.26. The number of sulfonamides is 1. The smallest absolute Gasteiger partial charge is 0.338 e. The van der Waals surface area contributed by atoms with Crippen LogP contribution in [0.3, 0.4) is 0 Å². The van der Waals surface area contributed by atoms with Gasteiger partial charge in [-0.25, -0.2) is 18.0 Å². The van der Waals surface area contributed by atoms with Gasteiger partial charge in [0, 0.05) is 19.1 Å². The van der Waals surface area contributed by atoms with E-state index in [-0.39, 0.29) is 29.6 Å². The second-order valence-electron chi connectivity index (χ2n) is 7.93. The highest BCUT2D eigenvalue weighted by Gasteiger charge is 2.28. The Labute approximate surface area is 187 Å². The summed E-state index contributed by atoms with van der Waals surface area (Å²) in [7, 11) is -3.78. The number of hydrogen-bond acceptors (Lipinski definition) is 7. The van der Waals surface area contributed by atoms with E-state index in [0.29, 0.717) is 18.8 Å². The molecule has 3 amide bonds. The van der Waals surface area contributed by atoms with Crippen LogP contribution in [0.4, 0.5) is 4.79 Å². The van der Waals surface area contributed by atoms with Crippen molar-refractivity contribution in [1.82, 2.24) is 14.9 Å². The van der Waals surface area contributed by atoms with Gasteiger partial charge in [-0.2, -0.15) is 4.31 Å². The van der Waals surface area contributed by atoms with Gasteiger partial charge in [0.1, 0.15) is 0 Å². The van der Waals surface area contributed by atoms with Crippen molar-refractivity contribution in [2.75, 3.05) is 32.9 Å². The SMILES string of the molecule is Cc1ccc(S(=O)(=O)N2CCOCC2)cc1C(=O)OCC(=O)NC(=O)NC1CCCCC1. The number of morpholine rings is 1. The summed E-state index contributed by atoms with van der Waals surface area (Å²) in [6.45, 7) is 2.07. The number of benzene rings is 1. The van der Waals surface area contributed by atoms with E-state index in [2.05, 4.69) is 10.6 Å². The molecule has 10 nitrogen and oxygen atoms in total. The fourth-order valence-electron chi connectivity index (χ4n) is 3.76. The number of rotatable bonds is 6. The van der Waals surface area contributed by atoms with Crippen LogP contribution in [0.15, 0.2) is 23.1 Å². The Morgan fingerprint density at radius 2 is 1.81 bits per heavy atom. The average molecular weight is 468 g/mol. The van der Waals surface area contributed by atoms with E-state index >= 15 is 0 Å². The number of aryl methyl sites for hydroxylation is 1. The third-order valence-corrected chi connectivity index (χ3v) is 7.46. The second kappa shape index (κ2) is 10.9. The lowest BCUT2D eigenvalue weighted by atomic mass is 9.96. The number of imide groups is 1. The van der Waals surface area contributed by atoms with Gasteiger partial charge in [0.2, 0.25) is 10.0 Å². The van der Waals surface area contributed by atoms with Gasteiger partial charge in [-0.3, -0.25) is 10.1 Å². The van der Waals surface area contributed by atoms with Crippen LogP contribution < -0.4 is 10.6 Å². The highest BCUT2D eigenvalue weighted by atomic mass is 32.2. The predicted octanol–water partition coefficient (Wildman–Crippen LogP) is 1.33. The Kier molecular flexibility index (Phi) is 8.21. The number of esters is 1. The maximum absolute atomic E-state index is 12.8. The quantitative estimate of drug-likeness (QED) is 0.604. The Bertz CT molecular complexity index is 952. The lowest BCUT2D eigenvalue weighted by molar-refractivity contribution is -0.123. The first-order chi connectivity index (χ1) is 15.3. The molecule has 0 atom stereocenters. The number of ether oxygens (including phenoxy) is 2. The highest BCUT2D eigenvalue weighted by molar-refractivity contribution is 7.89. The second-order valence-corrected chi connectivity index (χ2v) is 9.86. The van der Waals surface area contributed by atoms with E-state index in [1.807, 2.05) is 0 Å². The minimum absolute atomic E-state index is 0.0340. The Balaban J connectivity index is 1.56. The van der Waals surface area contributed by atoms with Gasteiger partial charge < -0.3 is 14.8 Å². The van der Waals surface area contributed by atoms with Crippen molar-refractivity contribution in [1.29, 1.82) is 0 Å². The molecule has 2 aliphatic rings. The molecule has 0 aromatic heterocycles. The number of carbonyl (C=O) groups excluding carboxylic acids is 3. The van der Waals surface area contributed by atoms with Crippen molar-refractivity contribution in [3.05, 3.63) is 29.3 Å². The fraction of sp³-hybridized carbons (Fsp3) is 0.571. The van der Waals surface area contributed by atoms with Crippen molar-refractivity contribution in [2.24, 2.45) is 0 Å². The molecule has 1 heterocycles. The molecule has 0 spiro atoms. The summed E-state index contributed by atoms with van der Waals surface area (Å²) in [5, 5.41) is 4.89. The van der Waals surface area contributed by atoms with Gasteiger partial charge in [-0.05, 0) is 37.5 Å². The van der Waals surface area contributed by atoms with E-state index in [4.69, 9.17) is 9.47 Å². The van der Waals surface area contributed by atoms with Crippen molar-refractivity contribution >= 4 is 27.9 Å². The van der Waals surface area contributed by atoms with Crippen LogP contribution in [0.25, 0.3) is 0 Å². The van der Waals surface area contributed by atoms with E-state index in [9.17, 15) is 22.8 Å². The summed E-state index contributed by atoms with van der Waals surface area (Å²) in [5.74, 6) is -1.61. The van der Waals surface area contributed by atoms with E-state index in [1.54, 1.807) is 6.92 Å². The van der Waals surface area contributed by atoms with Gasteiger partial charge in [0.05, 0.1) is 23.7 Å². The molecule has 2 N–H and O–H groups in total. The first-order valence-corrected chi connectivity index (χ1v) is 12.2. The van der Waals surface area contributed by atoms with E-state index in [1.165, 1.54) is 22.5 Å². The molecule has 2 fully saturated rings. The molecule has 1 aliphatic carbocycles. The van der Waals surface area contributed by atoms with Crippen molar-refractivity contribution in [3.8, 4) is 0 Å². The minimum atomic E-state index is -3.78. The molecule has 1 aliphatic heterocycles. The van der Waals surface area contributed by atoms with Gasteiger partial charge >= 0.3 is 12.0 Å². The summed E-state index contributed by atoms with van der Waals surface area (Å²) in [6, 6.07) is 3.61. The highest BCUT2D eigenvalue weighted by Crippen LogP contribution is 2.21. The molecule has 1 aromatic rings. The molecule has 32 heavy (non-hydrogen) atoms. The number of amides is 3. The molecular weight excluding hydrogens is 438 g/mol. The van der Waals surface area contributed by atoms with Crippen LogP contribution in [0.1, 0.15) is 48.0 Å². The molecule has 11 heteroatoms. The monoisotopic (exact) mass is 467 g/mol. The third-order valence-electron chi connectivity index (χ3n) is 5.56. The van der Waals surface area contributed by atoms with Crippen LogP contribution in [0.2, 0.25) is 0 Å². The summed E-state index contributed by atoms with van der Waals surface area (Å²) >= 11 is 0. The predicted molar refractivity (Wildman–Crippen MR) is 115 cm³/mol. The first kappa shape index (κ1) is 24.1. The third kappa shape index (κ3) is 6.27. The van der Waals surface area contributed by atoms with Crippen LogP contribution >= 0.6 is 0 Å². The summed E-state index contributed by atoms with van der Waals surface area (Å²) < 4.78 is 37.2. The molecule has 1 aromatic carbocycles. The van der Waals surface area contributed by atoms with E-state index in [0.717, 1.165) is 32.1 Å². The number of nitrogens with one attached hydrogen (secondary N) is 2. The van der Waals surface area contributed by atoms with Gasteiger partial charge in [-0.15, -0.1) is 0 Å². The molecule has 3 rings (SSSR count). The Morgan fingerprint density at radius 3 is 2.50 bits per heavy atom. The minimum Gasteiger partial charge on any atom is -0.452 e.